The number of halogens is 1. The molecule has 1 aliphatic rings. The number of piperazine rings is 1. The van der Waals surface area contributed by atoms with Gasteiger partial charge in [0, 0.05) is 32.7 Å². The van der Waals surface area contributed by atoms with E-state index in [-0.39, 0.29) is 5.82 Å². The maximum absolute atomic E-state index is 13.0. The van der Waals surface area contributed by atoms with Gasteiger partial charge < -0.3 is 4.90 Å². The summed E-state index contributed by atoms with van der Waals surface area (Å²) in [5.41, 5.74) is 3.82. The maximum atomic E-state index is 13.0. The summed E-state index contributed by atoms with van der Waals surface area (Å²) in [6, 6.07) is 6.73. The van der Waals surface area contributed by atoms with Crippen LogP contribution < -0.4 is 4.90 Å². The van der Waals surface area contributed by atoms with E-state index in [9.17, 15) is 4.39 Å². The minimum absolute atomic E-state index is 0.189. The van der Waals surface area contributed by atoms with Crippen LogP contribution in [0.15, 0.2) is 30.6 Å². The van der Waals surface area contributed by atoms with Crippen LogP contribution in [0.25, 0.3) is 11.0 Å². The average molecular weight is 326 g/mol. The number of aromatic nitrogens is 4. The molecule has 1 fully saturated rings. The third kappa shape index (κ3) is 2.82. The summed E-state index contributed by atoms with van der Waals surface area (Å²) in [5.74, 6) is 0.705. The topological polar surface area (TPSA) is 60.9 Å². The van der Waals surface area contributed by atoms with Crippen LogP contribution in [0, 0.1) is 12.7 Å². The second kappa shape index (κ2) is 6.16. The van der Waals surface area contributed by atoms with E-state index in [2.05, 4.69) is 30.0 Å². The molecule has 0 atom stereocenters. The molecule has 3 aromatic rings. The van der Waals surface area contributed by atoms with Gasteiger partial charge in [0.15, 0.2) is 11.3 Å². The van der Waals surface area contributed by atoms with Crippen molar-refractivity contribution in [3.05, 3.63) is 47.7 Å². The van der Waals surface area contributed by atoms with Gasteiger partial charge >= 0.3 is 0 Å². The molecule has 0 aliphatic carbocycles. The highest BCUT2D eigenvalue weighted by atomic mass is 19.1. The Morgan fingerprint density at radius 1 is 1.04 bits per heavy atom. The number of nitrogens with zero attached hydrogens (tertiary/aromatic N) is 5. The first-order valence-electron chi connectivity index (χ1n) is 8.08. The van der Waals surface area contributed by atoms with Crippen molar-refractivity contribution in [3.8, 4) is 0 Å². The monoisotopic (exact) mass is 326 g/mol. The Kier molecular flexibility index (Phi) is 3.86. The fraction of sp³-hybridized carbons (Fsp3) is 0.353. The SMILES string of the molecule is Cc1[nH]nc2c(N3CCN(Cc4ccc(F)cc4)CC3)ncnc12. The van der Waals surface area contributed by atoms with Crippen LogP contribution in [-0.2, 0) is 6.54 Å². The van der Waals surface area contributed by atoms with E-state index in [0.29, 0.717) is 0 Å². The lowest BCUT2D eigenvalue weighted by Crippen LogP contribution is -2.46. The molecule has 0 unspecified atom stereocenters. The van der Waals surface area contributed by atoms with Crippen LogP contribution in [0.1, 0.15) is 11.3 Å². The van der Waals surface area contributed by atoms with Gasteiger partial charge in [0.05, 0.1) is 5.69 Å². The molecular weight excluding hydrogens is 307 g/mol. The lowest BCUT2D eigenvalue weighted by molar-refractivity contribution is 0.249. The van der Waals surface area contributed by atoms with E-state index in [0.717, 1.165) is 60.8 Å². The first-order chi connectivity index (χ1) is 11.7. The van der Waals surface area contributed by atoms with Gasteiger partial charge in [-0.3, -0.25) is 10.00 Å². The molecule has 0 spiro atoms. The first-order valence-corrected chi connectivity index (χ1v) is 8.08. The minimum atomic E-state index is -0.189. The van der Waals surface area contributed by atoms with Gasteiger partial charge in [-0.1, -0.05) is 12.1 Å². The molecule has 0 bridgehead atoms. The number of anilines is 1. The van der Waals surface area contributed by atoms with Crippen molar-refractivity contribution >= 4 is 16.9 Å². The number of hydrogen-bond donors (Lipinski definition) is 1. The summed E-state index contributed by atoms with van der Waals surface area (Å²) < 4.78 is 13.0. The Labute approximate surface area is 139 Å². The highest BCUT2D eigenvalue weighted by Gasteiger charge is 2.21. The van der Waals surface area contributed by atoms with Crippen LogP contribution in [0.4, 0.5) is 10.2 Å². The number of hydrogen-bond acceptors (Lipinski definition) is 5. The van der Waals surface area contributed by atoms with Gasteiger partial charge in [-0.2, -0.15) is 5.10 Å². The van der Waals surface area contributed by atoms with E-state index in [1.165, 1.54) is 12.1 Å². The van der Waals surface area contributed by atoms with E-state index in [4.69, 9.17) is 0 Å². The molecule has 1 saturated heterocycles. The zero-order valence-electron chi connectivity index (χ0n) is 13.5. The van der Waals surface area contributed by atoms with E-state index in [1.807, 2.05) is 19.1 Å². The van der Waals surface area contributed by atoms with Crippen molar-refractivity contribution in [2.24, 2.45) is 0 Å². The molecule has 1 N–H and O–H groups in total. The van der Waals surface area contributed by atoms with Crippen LogP contribution in [0.3, 0.4) is 0 Å². The second-order valence-corrected chi connectivity index (χ2v) is 6.13. The largest absolute Gasteiger partial charge is 0.352 e. The molecule has 0 saturated carbocycles. The number of fused-ring (bicyclic) bond motifs is 1. The van der Waals surface area contributed by atoms with Gasteiger partial charge in [0.1, 0.15) is 17.7 Å². The number of benzene rings is 1. The molecule has 0 radical (unpaired) electrons. The smallest absolute Gasteiger partial charge is 0.160 e. The molecule has 1 aromatic carbocycles. The lowest BCUT2D eigenvalue weighted by atomic mass is 10.2. The number of rotatable bonds is 3. The molecule has 24 heavy (non-hydrogen) atoms. The molecule has 0 amide bonds. The van der Waals surface area contributed by atoms with Crippen LogP contribution >= 0.6 is 0 Å². The zero-order chi connectivity index (χ0) is 16.5. The first kappa shape index (κ1) is 15.0. The van der Waals surface area contributed by atoms with E-state index >= 15 is 0 Å². The normalized spacial score (nSPS) is 16.0. The summed E-state index contributed by atoms with van der Waals surface area (Å²) in [4.78, 5) is 13.4. The van der Waals surface area contributed by atoms with E-state index in [1.54, 1.807) is 6.33 Å². The average Bonchev–Trinajstić information content (AvgIpc) is 2.99. The number of nitrogens with one attached hydrogen (secondary N) is 1. The second-order valence-electron chi connectivity index (χ2n) is 6.13. The Morgan fingerprint density at radius 2 is 1.79 bits per heavy atom. The third-order valence-corrected chi connectivity index (χ3v) is 4.48. The highest BCUT2D eigenvalue weighted by molar-refractivity contribution is 5.86. The fourth-order valence-corrected chi connectivity index (χ4v) is 3.14. The van der Waals surface area contributed by atoms with Crippen molar-refractivity contribution in [2.75, 3.05) is 31.1 Å². The molecule has 2 aromatic heterocycles. The van der Waals surface area contributed by atoms with Gasteiger partial charge in [-0.25, -0.2) is 14.4 Å². The standard InChI is InChI=1S/C17H19FN6/c1-12-15-16(22-21-12)17(20-11-19-15)24-8-6-23(7-9-24)10-13-2-4-14(18)5-3-13/h2-5,11H,6-10H2,1H3,(H,21,22). The highest BCUT2D eigenvalue weighted by Crippen LogP contribution is 2.23. The summed E-state index contributed by atoms with van der Waals surface area (Å²) in [6.07, 6.45) is 1.60. The molecule has 124 valence electrons. The van der Waals surface area contributed by atoms with Crippen LogP contribution in [-0.4, -0.2) is 51.2 Å². The molecule has 3 heterocycles. The molecular formula is C17H19FN6. The summed E-state index contributed by atoms with van der Waals surface area (Å²) in [7, 11) is 0. The Morgan fingerprint density at radius 3 is 2.54 bits per heavy atom. The van der Waals surface area contributed by atoms with Crippen molar-refractivity contribution in [1.82, 2.24) is 25.1 Å². The minimum Gasteiger partial charge on any atom is -0.352 e. The number of H-pyrrole nitrogens is 1. The predicted octanol–water partition coefficient (Wildman–Crippen LogP) is 2.12. The zero-order valence-corrected chi connectivity index (χ0v) is 13.5. The van der Waals surface area contributed by atoms with Gasteiger partial charge in [-0.15, -0.1) is 0 Å². The maximum Gasteiger partial charge on any atom is 0.160 e. The molecule has 1 aliphatic heterocycles. The number of aromatic amines is 1. The molecule has 4 rings (SSSR count). The third-order valence-electron chi connectivity index (χ3n) is 4.48. The summed E-state index contributed by atoms with van der Waals surface area (Å²) in [6.45, 7) is 6.46. The fourth-order valence-electron chi connectivity index (χ4n) is 3.14. The molecule has 7 heteroatoms. The number of aryl methyl sites for hydroxylation is 1. The molecule has 6 nitrogen and oxygen atoms in total. The quantitative estimate of drug-likeness (QED) is 0.799. The summed E-state index contributed by atoms with van der Waals surface area (Å²) in [5, 5.41) is 7.33. The van der Waals surface area contributed by atoms with Crippen molar-refractivity contribution in [2.45, 2.75) is 13.5 Å². The van der Waals surface area contributed by atoms with Crippen molar-refractivity contribution in [3.63, 3.8) is 0 Å². The van der Waals surface area contributed by atoms with Gasteiger partial charge in [-0.05, 0) is 24.6 Å². The van der Waals surface area contributed by atoms with Gasteiger partial charge in [0.2, 0.25) is 0 Å². The van der Waals surface area contributed by atoms with Gasteiger partial charge in [0.25, 0.3) is 0 Å². The lowest BCUT2D eigenvalue weighted by Gasteiger charge is -2.35. The van der Waals surface area contributed by atoms with Crippen LogP contribution in [0.5, 0.6) is 0 Å². The predicted molar refractivity (Wildman–Crippen MR) is 90.3 cm³/mol. The Hall–Kier alpha value is -2.54. The van der Waals surface area contributed by atoms with Crippen molar-refractivity contribution in [1.29, 1.82) is 0 Å². The Balaban J connectivity index is 1.44. The van der Waals surface area contributed by atoms with Crippen molar-refractivity contribution < 1.29 is 4.39 Å². The van der Waals surface area contributed by atoms with Crippen LogP contribution in [0.2, 0.25) is 0 Å². The Bertz CT molecular complexity index is 836. The summed E-state index contributed by atoms with van der Waals surface area (Å²) >= 11 is 0. The van der Waals surface area contributed by atoms with E-state index < -0.39 is 0 Å².